The number of aromatic nitrogens is 3. The van der Waals surface area contributed by atoms with Crippen molar-refractivity contribution in [3.05, 3.63) is 12.2 Å². The summed E-state index contributed by atoms with van der Waals surface area (Å²) in [6.07, 6.45) is 4.42. The van der Waals surface area contributed by atoms with Crippen LogP contribution in [0.1, 0.15) is 25.1 Å². The lowest BCUT2D eigenvalue weighted by molar-refractivity contribution is -0.131. The molecule has 0 aliphatic carbocycles. The van der Waals surface area contributed by atoms with Gasteiger partial charge >= 0.3 is 0 Å². The standard InChI is InChI=1S/C11H19N5O2/c12-6-8-3-4-9(18-8)11(17)13-5-1-2-10-14-7-15-16-10/h7-9H,1-6,12H2,(H,13,17)(H,14,15,16). The van der Waals surface area contributed by atoms with Gasteiger partial charge in [-0.05, 0) is 19.3 Å². The highest BCUT2D eigenvalue weighted by atomic mass is 16.5. The highest BCUT2D eigenvalue weighted by Crippen LogP contribution is 2.18. The lowest BCUT2D eigenvalue weighted by Gasteiger charge is -2.12. The van der Waals surface area contributed by atoms with E-state index < -0.39 is 0 Å². The topological polar surface area (TPSA) is 106 Å². The van der Waals surface area contributed by atoms with E-state index in [1.54, 1.807) is 0 Å². The third-order valence-electron chi connectivity index (χ3n) is 3.02. The number of nitrogens with two attached hydrogens (primary N) is 1. The second-order valence-electron chi connectivity index (χ2n) is 4.39. The summed E-state index contributed by atoms with van der Waals surface area (Å²) in [5.41, 5.74) is 5.50. The first-order valence-corrected chi connectivity index (χ1v) is 6.27. The maximum Gasteiger partial charge on any atom is 0.249 e. The zero-order valence-electron chi connectivity index (χ0n) is 10.3. The number of carbonyl (C=O) groups is 1. The number of ether oxygens (including phenoxy) is 1. The lowest BCUT2D eigenvalue weighted by Crippen LogP contribution is -2.36. The van der Waals surface area contributed by atoms with Crippen LogP contribution in [-0.4, -0.2) is 46.4 Å². The monoisotopic (exact) mass is 253 g/mol. The minimum absolute atomic E-state index is 0.0370. The van der Waals surface area contributed by atoms with Gasteiger partial charge in [0.05, 0.1) is 6.10 Å². The second kappa shape index (κ2) is 6.46. The summed E-state index contributed by atoms with van der Waals surface area (Å²) < 4.78 is 5.51. The molecule has 100 valence electrons. The van der Waals surface area contributed by atoms with Gasteiger partial charge in [-0.3, -0.25) is 9.89 Å². The summed E-state index contributed by atoms with van der Waals surface area (Å²) in [5.74, 6) is 0.799. The van der Waals surface area contributed by atoms with Gasteiger partial charge in [-0.25, -0.2) is 4.98 Å². The smallest absolute Gasteiger partial charge is 0.249 e. The Morgan fingerprint density at radius 3 is 3.17 bits per heavy atom. The van der Waals surface area contributed by atoms with E-state index in [4.69, 9.17) is 10.5 Å². The molecule has 1 aromatic rings. The molecule has 18 heavy (non-hydrogen) atoms. The van der Waals surface area contributed by atoms with Crippen LogP contribution in [0.4, 0.5) is 0 Å². The third kappa shape index (κ3) is 3.51. The van der Waals surface area contributed by atoms with Crippen LogP contribution in [0.25, 0.3) is 0 Å². The molecule has 2 heterocycles. The van der Waals surface area contributed by atoms with Crippen LogP contribution in [0.15, 0.2) is 6.33 Å². The van der Waals surface area contributed by atoms with Crippen LogP contribution >= 0.6 is 0 Å². The van der Waals surface area contributed by atoms with Gasteiger partial charge in [0.25, 0.3) is 0 Å². The van der Waals surface area contributed by atoms with Crippen LogP contribution < -0.4 is 11.1 Å². The van der Waals surface area contributed by atoms with Gasteiger partial charge in [-0.15, -0.1) is 0 Å². The molecule has 0 radical (unpaired) electrons. The van der Waals surface area contributed by atoms with Crippen LogP contribution in [0, 0.1) is 0 Å². The predicted octanol–water partition coefficient (Wildman–Crippen LogP) is -0.640. The molecule has 1 aliphatic heterocycles. The molecule has 0 saturated carbocycles. The molecule has 4 N–H and O–H groups in total. The summed E-state index contributed by atoms with van der Waals surface area (Å²) in [6, 6.07) is 0. The third-order valence-corrected chi connectivity index (χ3v) is 3.02. The zero-order valence-corrected chi connectivity index (χ0v) is 10.3. The van der Waals surface area contributed by atoms with Gasteiger partial charge in [-0.1, -0.05) is 0 Å². The van der Waals surface area contributed by atoms with Crippen molar-refractivity contribution in [2.45, 2.75) is 37.9 Å². The summed E-state index contributed by atoms with van der Waals surface area (Å²) in [6.45, 7) is 1.10. The van der Waals surface area contributed by atoms with E-state index in [1.807, 2.05) is 0 Å². The Morgan fingerprint density at radius 2 is 2.50 bits per heavy atom. The number of rotatable bonds is 6. The number of H-pyrrole nitrogens is 1. The van der Waals surface area contributed by atoms with Crippen LogP contribution in [-0.2, 0) is 16.0 Å². The first-order valence-electron chi connectivity index (χ1n) is 6.27. The van der Waals surface area contributed by atoms with Gasteiger partial charge in [0.2, 0.25) is 5.91 Å². The molecule has 2 unspecified atom stereocenters. The summed E-state index contributed by atoms with van der Waals surface area (Å²) in [4.78, 5) is 15.8. The average Bonchev–Trinajstić information content (AvgIpc) is 3.05. The molecule has 1 saturated heterocycles. The van der Waals surface area contributed by atoms with Crippen molar-refractivity contribution in [1.29, 1.82) is 0 Å². The van der Waals surface area contributed by atoms with Crippen LogP contribution in [0.2, 0.25) is 0 Å². The van der Waals surface area contributed by atoms with E-state index in [1.165, 1.54) is 6.33 Å². The fourth-order valence-corrected chi connectivity index (χ4v) is 2.00. The molecule has 2 atom stereocenters. The van der Waals surface area contributed by atoms with Crippen molar-refractivity contribution in [2.75, 3.05) is 13.1 Å². The van der Waals surface area contributed by atoms with Crippen molar-refractivity contribution in [3.8, 4) is 0 Å². The number of amides is 1. The Balaban J connectivity index is 1.60. The number of nitrogens with one attached hydrogen (secondary N) is 2. The van der Waals surface area contributed by atoms with Crippen LogP contribution in [0.5, 0.6) is 0 Å². The normalized spacial score (nSPS) is 23.2. The molecule has 0 bridgehead atoms. The summed E-state index contributed by atoms with van der Waals surface area (Å²) in [5, 5.41) is 9.41. The van der Waals surface area contributed by atoms with Gasteiger partial charge in [0.15, 0.2) is 0 Å². The molecule has 7 heteroatoms. The minimum Gasteiger partial charge on any atom is -0.364 e. The number of aryl methyl sites for hydroxylation is 1. The number of hydrogen-bond donors (Lipinski definition) is 3. The van der Waals surface area contributed by atoms with Gasteiger partial charge in [0.1, 0.15) is 18.3 Å². The summed E-state index contributed by atoms with van der Waals surface area (Å²) in [7, 11) is 0. The Labute approximate surface area is 105 Å². The Hall–Kier alpha value is -1.47. The first kappa shape index (κ1) is 13.0. The molecule has 2 rings (SSSR count). The van der Waals surface area contributed by atoms with Crippen molar-refractivity contribution in [3.63, 3.8) is 0 Å². The molecule has 1 fully saturated rings. The Bertz CT molecular complexity index is 368. The molecule has 0 spiro atoms. The van der Waals surface area contributed by atoms with E-state index in [2.05, 4.69) is 20.5 Å². The first-order chi connectivity index (χ1) is 8.79. The fourth-order valence-electron chi connectivity index (χ4n) is 2.00. The van der Waals surface area contributed by atoms with E-state index in [0.29, 0.717) is 13.1 Å². The zero-order chi connectivity index (χ0) is 12.8. The van der Waals surface area contributed by atoms with E-state index in [-0.39, 0.29) is 18.1 Å². The van der Waals surface area contributed by atoms with Gasteiger partial charge in [0, 0.05) is 19.5 Å². The molecular weight excluding hydrogens is 234 g/mol. The molecular formula is C11H19N5O2. The number of carbonyl (C=O) groups excluding carboxylic acids is 1. The Kier molecular flexibility index (Phi) is 4.66. The van der Waals surface area contributed by atoms with Gasteiger partial charge < -0.3 is 15.8 Å². The lowest BCUT2D eigenvalue weighted by atomic mass is 10.2. The predicted molar refractivity (Wildman–Crippen MR) is 64.7 cm³/mol. The molecule has 1 aliphatic rings. The number of aromatic amines is 1. The maximum atomic E-state index is 11.8. The average molecular weight is 253 g/mol. The maximum absolute atomic E-state index is 11.8. The summed E-state index contributed by atoms with van der Waals surface area (Å²) >= 11 is 0. The highest BCUT2D eigenvalue weighted by molar-refractivity contribution is 5.80. The van der Waals surface area contributed by atoms with E-state index in [0.717, 1.165) is 31.5 Å². The van der Waals surface area contributed by atoms with Crippen LogP contribution in [0.3, 0.4) is 0 Å². The van der Waals surface area contributed by atoms with Crippen molar-refractivity contribution in [1.82, 2.24) is 20.5 Å². The number of nitrogens with zero attached hydrogens (tertiary/aromatic N) is 2. The highest BCUT2D eigenvalue weighted by Gasteiger charge is 2.29. The molecule has 1 aromatic heterocycles. The fraction of sp³-hybridized carbons (Fsp3) is 0.727. The Morgan fingerprint density at radius 1 is 1.61 bits per heavy atom. The minimum atomic E-state index is -0.330. The molecule has 1 amide bonds. The SMILES string of the molecule is NCC1CCC(C(=O)NCCCc2ncn[nH]2)O1. The largest absolute Gasteiger partial charge is 0.364 e. The van der Waals surface area contributed by atoms with E-state index in [9.17, 15) is 4.79 Å². The van der Waals surface area contributed by atoms with E-state index >= 15 is 0 Å². The van der Waals surface area contributed by atoms with Crippen molar-refractivity contribution in [2.24, 2.45) is 5.73 Å². The second-order valence-corrected chi connectivity index (χ2v) is 4.39. The van der Waals surface area contributed by atoms with Crippen molar-refractivity contribution >= 4 is 5.91 Å². The number of hydrogen-bond acceptors (Lipinski definition) is 5. The van der Waals surface area contributed by atoms with Crippen molar-refractivity contribution < 1.29 is 9.53 Å². The quantitative estimate of drug-likeness (QED) is 0.585. The molecule has 0 aromatic carbocycles. The van der Waals surface area contributed by atoms with Gasteiger partial charge in [-0.2, -0.15) is 5.10 Å². The molecule has 7 nitrogen and oxygen atoms in total.